The van der Waals surface area contributed by atoms with Gasteiger partial charge in [0.1, 0.15) is 0 Å². The summed E-state index contributed by atoms with van der Waals surface area (Å²) in [5.41, 5.74) is 3.73. The van der Waals surface area contributed by atoms with E-state index in [1.165, 1.54) is 10.1 Å². The number of nitrogens with one attached hydrogen (secondary N) is 2. The van der Waals surface area contributed by atoms with Crippen LogP contribution in [0.5, 0.6) is 0 Å². The summed E-state index contributed by atoms with van der Waals surface area (Å²) in [6, 6.07) is 22.3. The van der Waals surface area contributed by atoms with Crippen LogP contribution in [0.4, 0.5) is 0 Å². The third-order valence-electron chi connectivity index (χ3n) is 5.37. The van der Waals surface area contributed by atoms with Gasteiger partial charge in [-0.3, -0.25) is 14.2 Å². The summed E-state index contributed by atoms with van der Waals surface area (Å²) in [4.78, 5) is 29.1. The summed E-state index contributed by atoms with van der Waals surface area (Å²) in [5, 5.41) is 3.56. The number of carbonyl (C=O) groups is 1. The molecule has 4 aromatic rings. The number of rotatable bonds is 5. The molecule has 0 spiro atoms. The van der Waals surface area contributed by atoms with Crippen molar-refractivity contribution in [2.45, 2.75) is 26.3 Å². The van der Waals surface area contributed by atoms with Crippen LogP contribution in [0.15, 0.2) is 77.6 Å². The fourth-order valence-corrected chi connectivity index (χ4v) is 3.93. The first-order valence-corrected chi connectivity index (χ1v) is 10.6. The van der Waals surface area contributed by atoms with Crippen LogP contribution in [0.25, 0.3) is 16.6 Å². The number of aryl methyl sites for hydroxylation is 1. The molecule has 0 aliphatic heterocycles. The van der Waals surface area contributed by atoms with Gasteiger partial charge in [0.15, 0.2) is 4.77 Å². The third-order valence-corrected chi connectivity index (χ3v) is 5.65. The van der Waals surface area contributed by atoms with Crippen LogP contribution in [0.3, 0.4) is 0 Å². The van der Waals surface area contributed by atoms with Crippen molar-refractivity contribution < 1.29 is 4.79 Å². The van der Waals surface area contributed by atoms with Crippen molar-refractivity contribution in [1.29, 1.82) is 0 Å². The third kappa shape index (κ3) is 4.20. The van der Waals surface area contributed by atoms with E-state index < -0.39 is 0 Å². The lowest BCUT2D eigenvalue weighted by atomic mass is 10.0. The van der Waals surface area contributed by atoms with Crippen LogP contribution in [0.2, 0.25) is 0 Å². The highest BCUT2D eigenvalue weighted by molar-refractivity contribution is 7.71. The van der Waals surface area contributed by atoms with Crippen LogP contribution >= 0.6 is 12.2 Å². The maximum atomic E-state index is 13.0. The molecule has 1 unspecified atom stereocenters. The Labute approximate surface area is 185 Å². The van der Waals surface area contributed by atoms with E-state index in [0.717, 1.165) is 12.0 Å². The summed E-state index contributed by atoms with van der Waals surface area (Å²) in [5.74, 6) is -0.194. The minimum absolute atomic E-state index is 0.0895. The van der Waals surface area contributed by atoms with Gasteiger partial charge in [0.25, 0.3) is 11.5 Å². The lowest BCUT2D eigenvalue weighted by Gasteiger charge is -2.18. The van der Waals surface area contributed by atoms with E-state index >= 15 is 0 Å². The van der Waals surface area contributed by atoms with E-state index in [1.54, 1.807) is 18.2 Å². The highest BCUT2D eigenvalue weighted by atomic mass is 32.1. The van der Waals surface area contributed by atoms with Crippen molar-refractivity contribution >= 4 is 29.0 Å². The first kappa shape index (κ1) is 20.8. The lowest BCUT2D eigenvalue weighted by Crippen LogP contribution is -2.28. The molecule has 0 bridgehead atoms. The Morgan fingerprint density at radius 2 is 1.77 bits per heavy atom. The van der Waals surface area contributed by atoms with Crippen molar-refractivity contribution in [3.05, 3.63) is 105 Å². The molecule has 3 aromatic carbocycles. The topological polar surface area (TPSA) is 66.9 Å². The largest absolute Gasteiger partial charge is 0.345 e. The summed E-state index contributed by atoms with van der Waals surface area (Å²) in [6.45, 7) is 4.07. The maximum absolute atomic E-state index is 13.0. The van der Waals surface area contributed by atoms with Crippen LogP contribution in [-0.2, 0) is 0 Å². The highest BCUT2D eigenvalue weighted by Gasteiger charge is 2.16. The number of fused-ring (bicyclic) bond motifs is 1. The van der Waals surface area contributed by atoms with Crippen molar-refractivity contribution in [3.63, 3.8) is 0 Å². The molecule has 6 heteroatoms. The molecule has 4 rings (SSSR count). The zero-order valence-electron chi connectivity index (χ0n) is 17.4. The first-order chi connectivity index (χ1) is 15.0. The smallest absolute Gasteiger partial charge is 0.266 e. The summed E-state index contributed by atoms with van der Waals surface area (Å²) < 4.78 is 1.74. The Morgan fingerprint density at radius 3 is 2.45 bits per heavy atom. The van der Waals surface area contributed by atoms with Gasteiger partial charge in [0.2, 0.25) is 0 Å². The molecule has 0 saturated heterocycles. The van der Waals surface area contributed by atoms with Gasteiger partial charge in [-0.05, 0) is 61.5 Å². The SMILES string of the molecule is CCC(NC(=O)c1ccc2c(=O)n(-c3ccccc3)c(=S)[nH]c2c1)c1ccc(C)cc1. The molecule has 2 N–H and O–H groups in total. The monoisotopic (exact) mass is 429 g/mol. The quantitative estimate of drug-likeness (QED) is 0.427. The Bertz CT molecular complexity index is 1360. The van der Waals surface area contributed by atoms with E-state index in [9.17, 15) is 9.59 Å². The van der Waals surface area contributed by atoms with Crippen LogP contribution in [-0.4, -0.2) is 15.5 Å². The number of H-pyrrole nitrogens is 1. The molecule has 0 fully saturated rings. The van der Waals surface area contributed by atoms with Gasteiger partial charge in [0, 0.05) is 5.56 Å². The van der Waals surface area contributed by atoms with Crippen molar-refractivity contribution in [1.82, 2.24) is 14.9 Å². The van der Waals surface area contributed by atoms with Crippen molar-refractivity contribution in [3.8, 4) is 5.69 Å². The normalized spacial score (nSPS) is 11.9. The summed E-state index contributed by atoms with van der Waals surface area (Å²) >= 11 is 5.43. The number of carbonyl (C=O) groups excluding carboxylic acids is 1. The van der Waals surface area contributed by atoms with E-state index in [2.05, 4.69) is 10.3 Å². The molecule has 0 radical (unpaired) electrons. The summed E-state index contributed by atoms with van der Waals surface area (Å²) in [7, 11) is 0. The molecule has 0 aliphatic rings. The van der Waals surface area contributed by atoms with Gasteiger partial charge >= 0.3 is 0 Å². The molecule has 156 valence electrons. The average Bonchev–Trinajstić information content (AvgIpc) is 2.78. The summed E-state index contributed by atoms with van der Waals surface area (Å²) in [6.07, 6.45) is 0.770. The standard InChI is InChI=1S/C25H23N3O2S/c1-3-21(17-11-9-16(2)10-12-17)26-23(29)18-13-14-20-22(15-18)27-25(31)28(24(20)30)19-7-5-4-6-8-19/h4-15,21H,3H2,1-2H3,(H,26,29)(H,27,31). The van der Waals surface area contributed by atoms with Gasteiger partial charge in [-0.25, -0.2) is 0 Å². The Morgan fingerprint density at radius 1 is 1.06 bits per heavy atom. The fourth-order valence-electron chi connectivity index (χ4n) is 3.63. The van der Waals surface area contributed by atoms with Crippen LogP contribution in [0.1, 0.15) is 40.9 Å². The van der Waals surface area contributed by atoms with Gasteiger partial charge in [0.05, 0.1) is 22.6 Å². The number of hydrogen-bond acceptors (Lipinski definition) is 3. The minimum Gasteiger partial charge on any atom is -0.345 e. The number of hydrogen-bond donors (Lipinski definition) is 2. The molecule has 1 atom stereocenters. The predicted molar refractivity (Wildman–Crippen MR) is 126 cm³/mol. The number of nitrogens with zero attached hydrogens (tertiary/aromatic N) is 1. The van der Waals surface area contributed by atoms with Gasteiger partial charge in [-0.2, -0.15) is 0 Å². The second-order valence-corrected chi connectivity index (χ2v) is 7.90. The molecule has 1 aromatic heterocycles. The zero-order valence-corrected chi connectivity index (χ0v) is 18.2. The lowest BCUT2D eigenvalue weighted by molar-refractivity contribution is 0.0935. The fraction of sp³-hybridized carbons (Fsp3) is 0.160. The van der Waals surface area contributed by atoms with Gasteiger partial charge in [-0.1, -0.05) is 55.0 Å². The number of amides is 1. The average molecular weight is 430 g/mol. The zero-order chi connectivity index (χ0) is 22.0. The van der Waals surface area contributed by atoms with Crippen LogP contribution in [0, 0.1) is 11.7 Å². The first-order valence-electron chi connectivity index (χ1n) is 10.2. The van der Waals surface area contributed by atoms with E-state index in [1.807, 2.05) is 68.4 Å². The number of para-hydroxylation sites is 1. The van der Waals surface area contributed by atoms with Crippen LogP contribution < -0.4 is 10.9 Å². The minimum atomic E-state index is -0.219. The van der Waals surface area contributed by atoms with E-state index in [0.29, 0.717) is 22.2 Å². The molecule has 0 aliphatic carbocycles. The molecular weight excluding hydrogens is 406 g/mol. The molecule has 5 nitrogen and oxygen atoms in total. The second kappa shape index (κ2) is 8.70. The van der Waals surface area contributed by atoms with Gasteiger partial charge in [-0.15, -0.1) is 0 Å². The molecular formula is C25H23N3O2S. The molecule has 1 heterocycles. The Hall–Kier alpha value is -3.51. The molecule has 31 heavy (non-hydrogen) atoms. The predicted octanol–water partition coefficient (Wildman–Crippen LogP) is 5.24. The maximum Gasteiger partial charge on any atom is 0.266 e. The van der Waals surface area contributed by atoms with Crippen molar-refractivity contribution in [2.24, 2.45) is 0 Å². The Balaban J connectivity index is 1.67. The van der Waals surface area contributed by atoms with Crippen molar-refractivity contribution in [2.75, 3.05) is 0 Å². The van der Waals surface area contributed by atoms with E-state index in [4.69, 9.17) is 12.2 Å². The Kier molecular flexibility index (Phi) is 5.82. The number of aromatic nitrogens is 2. The second-order valence-electron chi connectivity index (χ2n) is 7.51. The van der Waals surface area contributed by atoms with E-state index in [-0.39, 0.29) is 22.3 Å². The molecule has 1 amide bonds. The van der Waals surface area contributed by atoms with Gasteiger partial charge < -0.3 is 10.3 Å². The molecule has 0 saturated carbocycles. The highest BCUT2D eigenvalue weighted by Crippen LogP contribution is 2.19. The number of benzene rings is 3. The number of aromatic amines is 1.